The molecule has 0 heterocycles. The molecule has 1 rings (SSSR count). The summed E-state index contributed by atoms with van der Waals surface area (Å²) < 4.78 is 4.68. The number of hydrogen-bond acceptors (Lipinski definition) is 2. The molecule has 0 radical (unpaired) electrons. The minimum absolute atomic E-state index is 0.159. The zero-order valence-corrected chi connectivity index (χ0v) is 9.59. The van der Waals surface area contributed by atoms with E-state index >= 15 is 0 Å². The Kier molecular flexibility index (Phi) is 3.35. The van der Waals surface area contributed by atoms with Crippen molar-refractivity contribution in [1.29, 1.82) is 0 Å². The first-order valence-electron chi connectivity index (χ1n) is 5.27. The molecule has 1 saturated carbocycles. The molecule has 0 bridgehead atoms. The van der Waals surface area contributed by atoms with Crippen LogP contribution in [0.15, 0.2) is 11.6 Å². The van der Waals surface area contributed by atoms with Crippen LogP contribution in [0.5, 0.6) is 0 Å². The van der Waals surface area contributed by atoms with E-state index in [1.54, 1.807) is 6.08 Å². The molecule has 0 aromatic heterocycles. The fourth-order valence-corrected chi connectivity index (χ4v) is 2.34. The molecule has 1 aliphatic carbocycles. The largest absolute Gasteiger partial charge is 0.466 e. The van der Waals surface area contributed by atoms with Gasteiger partial charge >= 0.3 is 5.97 Å². The Labute approximate surface area is 86.3 Å². The first-order chi connectivity index (χ1) is 6.47. The molecule has 1 unspecified atom stereocenters. The van der Waals surface area contributed by atoms with Gasteiger partial charge in [-0.15, -0.1) is 0 Å². The third-order valence-corrected chi connectivity index (χ3v) is 3.23. The van der Waals surface area contributed by atoms with E-state index in [1.165, 1.54) is 31.9 Å². The van der Waals surface area contributed by atoms with Gasteiger partial charge in [-0.2, -0.15) is 0 Å². The predicted molar refractivity (Wildman–Crippen MR) is 56.9 cm³/mol. The topological polar surface area (TPSA) is 26.3 Å². The van der Waals surface area contributed by atoms with E-state index in [9.17, 15) is 4.79 Å². The summed E-state index contributed by atoms with van der Waals surface area (Å²) in [6.45, 7) is 6.60. The van der Waals surface area contributed by atoms with Crippen molar-refractivity contribution in [3.63, 3.8) is 0 Å². The zero-order valence-electron chi connectivity index (χ0n) is 9.59. The average molecular weight is 196 g/mol. The minimum Gasteiger partial charge on any atom is -0.466 e. The molecule has 2 heteroatoms. The Balaban J connectivity index is 2.90. The van der Waals surface area contributed by atoms with E-state index in [2.05, 4.69) is 25.5 Å². The van der Waals surface area contributed by atoms with Gasteiger partial charge in [-0.25, -0.2) is 4.79 Å². The Morgan fingerprint density at radius 1 is 1.57 bits per heavy atom. The molecule has 0 saturated heterocycles. The second-order valence-electron chi connectivity index (χ2n) is 4.80. The fourth-order valence-electron chi connectivity index (χ4n) is 2.34. The van der Waals surface area contributed by atoms with Crippen LogP contribution in [0.4, 0.5) is 0 Å². The molecular formula is C12H20O2. The summed E-state index contributed by atoms with van der Waals surface area (Å²) in [7, 11) is 1.43. The van der Waals surface area contributed by atoms with Crippen LogP contribution < -0.4 is 0 Å². The molecule has 0 aromatic carbocycles. The van der Waals surface area contributed by atoms with Crippen molar-refractivity contribution < 1.29 is 9.53 Å². The normalized spacial score (nSPS) is 28.9. The van der Waals surface area contributed by atoms with E-state index in [-0.39, 0.29) is 11.4 Å². The number of rotatable bonds is 1. The van der Waals surface area contributed by atoms with Gasteiger partial charge in [0.15, 0.2) is 0 Å². The van der Waals surface area contributed by atoms with E-state index < -0.39 is 0 Å². The van der Waals surface area contributed by atoms with E-state index in [0.717, 1.165) is 0 Å². The van der Waals surface area contributed by atoms with Gasteiger partial charge in [-0.3, -0.25) is 0 Å². The summed E-state index contributed by atoms with van der Waals surface area (Å²) in [6.07, 6.45) is 5.29. The highest BCUT2D eigenvalue weighted by atomic mass is 16.5. The molecule has 0 N–H and O–H groups in total. The third kappa shape index (κ3) is 2.37. The number of carbonyl (C=O) groups is 1. The molecule has 0 spiro atoms. The smallest absolute Gasteiger partial charge is 0.330 e. The Hall–Kier alpha value is -0.790. The SMILES string of the molecule is COC(=O)/C=C1\C(C)CCCC1(C)C. The maximum atomic E-state index is 11.2. The summed E-state index contributed by atoms with van der Waals surface area (Å²) in [6, 6.07) is 0. The van der Waals surface area contributed by atoms with Crippen molar-refractivity contribution in [1.82, 2.24) is 0 Å². The third-order valence-electron chi connectivity index (χ3n) is 3.23. The lowest BCUT2D eigenvalue weighted by molar-refractivity contribution is -0.135. The van der Waals surface area contributed by atoms with Crippen LogP contribution >= 0.6 is 0 Å². The molecule has 1 fully saturated rings. The van der Waals surface area contributed by atoms with E-state index in [0.29, 0.717) is 5.92 Å². The molecule has 0 amide bonds. The van der Waals surface area contributed by atoms with Gasteiger partial charge in [0.2, 0.25) is 0 Å². The summed E-state index contributed by atoms with van der Waals surface area (Å²) in [4.78, 5) is 11.2. The Bertz CT molecular complexity index is 251. The van der Waals surface area contributed by atoms with Crippen molar-refractivity contribution in [2.45, 2.75) is 40.0 Å². The molecular weight excluding hydrogens is 176 g/mol. The number of allylic oxidation sites excluding steroid dienone is 1. The lowest BCUT2D eigenvalue weighted by atomic mass is 9.68. The van der Waals surface area contributed by atoms with Gasteiger partial charge in [0.05, 0.1) is 7.11 Å². The molecule has 1 aliphatic rings. The van der Waals surface area contributed by atoms with Crippen LogP contribution in [0.1, 0.15) is 40.0 Å². The van der Waals surface area contributed by atoms with Gasteiger partial charge in [0, 0.05) is 6.08 Å². The number of methoxy groups -OCH3 is 1. The zero-order chi connectivity index (χ0) is 10.8. The van der Waals surface area contributed by atoms with E-state index in [4.69, 9.17) is 0 Å². The maximum Gasteiger partial charge on any atom is 0.330 e. The van der Waals surface area contributed by atoms with Crippen LogP contribution in [-0.2, 0) is 9.53 Å². The van der Waals surface area contributed by atoms with Crippen molar-refractivity contribution in [2.75, 3.05) is 7.11 Å². The molecule has 1 atom stereocenters. The molecule has 80 valence electrons. The fraction of sp³-hybridized carbons (Fsp3) is 0.750. The average Bonchev–Trinajstić information content (AvgIpc) is 2.11. The van der Waals surface area contributed by atoms with Crippen molar-refractivity contribution in [3.05, 3.63) is 11.6 Å². The first kappa shape index (κ1) is 11.3. The second-order valence-corrected chi connectivity index (χ2v) is 4.80. The summed E-state index contributed by atoms with van der Waals surface area (Å²) in [5.41, 5.74) is 1.40. The van der Waals surface area contributed by atoms with Gasteiger partial charge in [-0.05, 0) is 24.2 Å². The minimum atomic E-state index is -0.221. The van der Waals surface area contributed by atoms with Crippen molar-refractivity contribution in [2.24, 2.45) is 11.3 Å². The Morgan fingerprint density at radius 3 is 2.71 bits per heavy atom. The maximum absolute atomic E-state index is 11.2. The molecule has 14 heavy (non-hydrogen) atoms. The lowest BCUT2D eigenvalue weighted by Gasteiger charge is -2.37. The second kappa shape index (κ2) is 4.16. The monoisotopic (exact) mass is 196 g/mol. The van der Waals surface area contributed by atoms with E-state index in [1.807, 2.05) is 0 Å². The van der Waals surface area contributed by atoms with Gasteiger partial charge in [0.25, 0.3) is 0 Å². The summed E-state index contributed by atoms with van der Waals surface area (Å²) in [5, 5.41) is 0. The molecule has 2 nitrogen and oxygen atoms in total. The van der Waals surface area contributed by atoms with Gasteiger partial charge in [0.1, 0.15) is 0 Å². The Morgan fingerprint density at radius 2 is 2.21 bits per heavy atom. The molecule has 0 aliphatic heterocycles. The van der Waals surface area contributed by atoms with Crippen LogP contribution in [0.25, 0.3) is 0 Å². The number of esters is 1. The highest BCUT2D eigenvalue weighted by Gasteiger charge is 2.31. The van der Waals surface area contributed by atoms with Crippen LogP contribution in [0.2, 0.25) is 0 Å². The van der Waals surface area contributed by atoms with Gasteiger partial charge in [-0.1, -0.05) is 32.8 Å². The summed E-state index contributed by atoms with van der Waals surface area (Å²) in [5.74, 6) is 0.291. The quantitative estimate of drug-likeness (QED) is 0.476. The summed E-state index contributed by atoms with van der Waals surface area (Å²) >= 11 is 0. The predicted octanol–water partition coefficient (Wildman–Crippen LogP) is 2.93. The first-order valence-corrected chi connectivity index (χ1v) is 5.27. The highest BCUT2D eigenvalue weighted by molar-refractivity contribution is 5.83. The van der Waals surface area contributed by atoms with Crippen molar-refractivity contribution >= 4 is 5.97 Å². The van der Waals surface area contributed by atoms with Crippen molar-refractivity contribution in [3.8, 4) is 0 Å². The lowest BCUT2D eigenvalue weighted by Crippen LogP contribution is -2.26. The van der Waals surface area contributed by atoms with Crippen LogP contribution in [0.3, 0.4) is 0 Å². The molecule has 0 aromatic rings. The van der Waals surface area contributed by atoms with Crippen LogP contribution in [-0.4, -0.2) is 13.1 Å². The number of ether oxygens (including phenoxy) is 1. The number of hydrogen-bond donors (Lipinski definition) is 0. The highest BCUT2D eigenvalue weighted by Crippen LogP contribution is 2.43. The van der Waals surface area contributed by atoms with Gasteiger partial charge < -0.3 is 4.74 Å². The van der Waals surface area contributed by atoms with Crippen LogP contribution in [0, 0.1) is 11.3 Å². The number of carbonyl (C=O) groups excluding carboxylic acids is 1. The standard InChI is InChI=1S/C12H20O2/c1-9-6-5-7-12(2,3)10(9)8-11(13)14-4/h8-9H,5-7H2,1-4H3/b10-8+.